The Balaban J connectivity index is 2.01. The minimum atomic E-state index is -0.830. The smallest absolute Gasteiger partial charge is 0.243 e. The molecule has 110 valence electrons. The van der Waals surface area contributed by atoms with E-state index < -0.39 is 23.2 Å². The number of rotatable bonds is 4. The van der Waals surface area contributed by atoms with Crippen LogP contribution in [0.2, 0.25) is 5.02 Å². The Kier molecular flexibility index (Phi) is 5.14. The fourth-order valence-corrected chi connectivity index (χ4v) is 2.15. The van der Waals surface area contributed by atoms with Crippen LogP contribution in [-0.2, 0) is 4.79 Å². The Morgan fingerprint density at radius 2 is 1.86 bits per heavy atom. The topological polar surface area (TPSA) is 41.1 Å². The molecule has 0 saturated carbocycles. The molecule has 0 unspecified atom stereocenters. The van der Waals surface area contributed by atoms with Gasteiger partial charge >= 0.3 is 0 Å². The van der Waals surface area contributed by atoms with Gasteiger partial charge < -0.3 is 10.6 Å². The Labute approximate surface area is 133 Å². The number of hydrogen-bond acceptors (Lipinski definition) is 2. The molecule has 0 atom stereocenters. The predicted molar refractivity (Wildman–Crippen MR) is 82.6 cm³/mol. The van der Waals surface area contributed by atoms with Crippen LogP contribution >= 0.6 is 27.5 Å². The number of anilines is 2. The third kappa shape index (κ3) is 4.15. The van der Waals surface area contributed by atoms with Crippen molar-refractivity contribution < 1.29 is 13.6 Å². The van der Waals surface area contributed by atoms with Gasteiger partial charge in [-0.05, 0) is 30.3 Å². The van der Waals surface area contributed by atoms with E-state index in [9.17, 15) is 13.6 Å². The number of halogens is 4. The molecule has 0 aliphatic carbocycles. The summed E-state index contributed by atoms with van der Waals surface area (Å²) in [7, 11) is 0. The lowest BCUT2D eigenvalue weighted by Crippen LogP contribution is -2.23. The van der Waals surface area contributed by atoms with Gasteiger partial charge in [0, 0.05) is 4.47 Å². The zero-order valence-electron chi connectivity index (χ0n) is 10.6. The molecule has 21 heavy (non-hydrogen) atoms. The van der Waals surface area contributed by atoms with Gasteiger partial charge in [-0.3, -0.25) is 4.79 Å². The van der Waals surface area contributed by atoms with E-state index in [2.05, 4.69) is 26.6 Å². The quantitative estimate of drug-likeness (QED) is 0.830. The van der Waals surface area contributed by atoms with Crippen LogP contribution in [0.1, 0.15) is 0 Å². The van der Waals surface area contributed by atoms with E-state index in [0.29, 0.717) is 10.7 Å². The van der Waals surface area contributed by atoms with Gasteiger partial charge in [-0.1, -0.05) is 33.6 Å². The average Bonchev–Trinajstić information content (AvgIpc) is 2.44. The third-order valence-corrected chi connectivity index (χ3v) is 3.42. The largest absolute Gasteiger partial charge is 0.375 e. The van der Waals surface area contributed by atoms with Crippen molar-refractivity contribution in [3.8, 4) is 0 Å². The zero-order chi connectivity index (χ0) is 15.4. The fourth-order valence-electron chi connectivity index (χ4n) is 1.61. The zero-order valence-corrected chi connectivity index (χ0v) is 12.9. The summed E-state index contributed by atoms with van der Waals surface area (Å²) in [6.45, 7) is -0.177. The number of carbonyl (C=O) groups is 1. The van der Waals surface area contributed by atoms with Crippen molar-refractivity contribution in [3.05, 3.63) is 57.5 Å². The SMILES string of the molecule is O=C(CNc1cc(Br)ccc1Cl)Nc1c(F)cccc1F. The Hall–Kier alpha value is -1.66. The van der Waals surface area contributed by atoms with Gasteiger partial charge in [0.25, 0.3) is 0 Å². The maximum absolute atomic E-state index is 13.4. The minimum absolute atomic E-state index is 0.177. The van der Waals surface area contributed by atoms with Gasteiger partial charge in [0.05, 0.1) is 17.3 Å². The molecule has 2 rings (SSSR count). The van der Waals surface area contributed by atoms with Gasteiger partial charge in [-0.25, -0.2) is 8.78 Å². The molecule has 7 heteroatoms. The first kappa shape index (κ1) is 15.7. The summed E-state index contributed by atoms with van der Waals surface area (Å²) < 4.78 is 27.6. The molecule has 0 radical (unpaired) electrons. The number of hydrogen-bond donors (Lipinski definition) is 2. The molecular formula is C14H10BrClF2N2O. The molecule has 3 nitrogen and oxygen atoms in total. The van der Waals surface area contributed by atoms with Crippen molar-refractivity contribution in [2.24, 2.45) is 0 Å². The molecule has 1 amide bonds. The lowest BCUT2D eigenvalue weighted by Gasteiger charge is -2.10. The van der Waals surface area contributed by atoms with Crippen molar-refractivity contribution >= 4 is 44.8 Å². The summed E-state index contributed by atoms with van der Waals surface area (Å²) in [6, 6.07) is 8.46. The number of benzene rings is 2. The molecule has 0 saturated heterocycles. The summed E-state index contributed by atoms with van der Waals surface area (Å²) in [5.74, 6) is -2.25. The molecule has 0 aliphatic rings. The molecule has 0 heterocycles. The maximum atomic E-state index is 13.4. The molecule has 2 aromatic carbocycles. The molecule has 0 aromatic heterocycles. The highest BCUT2D eigenvalue weighted by Gasteiger charge is 2.12. The van der Waals surface area contributed by atoms with Crippen molar-refractivity contribution in [1.29, 1.82) is 0 Å². The van der Waals surface area contributed by atoms with Crippen molar-refractivity contribution in [1.82, 2.24) is 0 Å². The standard InChI is InChI=1S/C14H10BrClF2N2O/c15-8-4-5-9(16)12(6-8)19-7-13(21)20-14-10(17)2-1-3-11(14)18/h1-6,19H,7H2,(H,20,21). The molecule has 0 aliphatic heterocycles. The third-order valence-electron chi connectivity index (χ3n) is 2.59. The molecule has 0 spiro atoms. The van der Waals surface area contributed by atoms with Crippen LogP contribution in [0.5, 0.6) is 0 Å². The summed E-state index contributed by atoms with van der Waals surface area (Å²) >= 11 is 9.23. The van der Waals surface area contributed by atoms with Gasteiger partial charge in [-0.15, -0.1) is 0 Å². The van der Waals surface area contributed by atoms with Crippen LogP contribution in [-0.4, -0.2) is 12.5 Å². The second-order valence-electron chi connectivity index (χ2n) is 4.12. The van der Waals surface area contributed by atoms with E-state index in [1.165, 1.54) is 6.07 Å². The van der Waals surface area contributed by atoms with Gasteiger partial charge in [0.1, 0.15) is 17.3 Å². The molecule has 0 fully saturated rings. The average molecular weight is 376 g/mol. The van der Waals surface area contributed by atoms with E-state index >= 15 is 0 Å². The first-order chi connectivity index (χ1) is 9.97. The lowest BCUT2D eigenvalue weighted by molar-refractivity contribution is -0.114. The van der Waals surface area contributed by atoms with Crippen molar-refractivity contribution in [2.45, 2.75) is 0 Å². The fraction of sp³-hybridized carbons (Fsp3) is 0.0714. The minimum Gasteiger partial charge on any atom is -0.375 e. The second-order valence-corrected chi connectivity index (χ2v) is 5.45. The first-order valence-electron chi connectivity index (χ1n) is 5.90. The summed E-state index contributed by atoms with van der Waals surface area (Å²) in [4.78, 5) is 11.7. The van der Waals surface area contributed by atoms with Gasteiger partial charge in [0.15, 0.2) is 0 Å². The molecule has 2 N–H and O–H groups in total. The second kappa shape index (κ2) is 6.87. The van der Waals surface area contributed by atoms with Crippen LogP contribution in [0.25, 0.3) is 0 Å². The Bertz CT molecular complexity index is 662. The Morgan fingerprint density at radius 1 is 1.19 bits per heavy atom. The number of para-hydroxylation sites is 1. The summed E-state index contributed by atoms with van der Waals surface area (Å²) in [5.41, 5.74) is 0.0693. The highest BCUT2D eigenvalue weighted by Crippen LogP contribution is 2.25. The maximum Gasteiger partial charge on any atom is 0.243 e. The monoisotopic (exact) mass is 374 g/mol. The number of amides is 1. The first-order valence-corrected chi connectivity index (χ1v) is 7.07. The van der Waals surface area contributed by atoms with Crippen LogP contribution in [0.3, 0.4) is 0 Å². The van der Waals surface area contributed by atoms with Crippen LogP contribution in [0.4, 0.5) is 20.2 Å². The molecule has 0 bridgehead atoms. The number of nitrogens with one attached hydrogen (secondary N) is 2. The van der Waals surface area contributed by atoms with Crippen LogP contribution < -0.4 is 10.6 Å². The van der Waals surface area contributed by atoms with Crippen molar-refractivity contribution in [2.75, 3.05) is 17.2 Å². The van der Waals surface area contributed by atoms with Gasteiger partial charge in [0.2, 0.25) is 5.91 Å². The van der Waals surface area contributed by atoms with E-state index in [0.717, 1.165) is 16.6 Å². The summed E-state index contributed by atoms with van der Waals surface area (Å²) in [6.07, 6.45) is 0. The number of carbonyl (C=O) groups excluding carboxylic acids is 1. The van der Waals surface area contributed by atoms with Crippen molar-refractivity contribution in [3.63, 3.8) is 0 Å². The lowest BCUT2D eigenvalue weighted by atomic mass is 10.3. The van der Waals surface area contributed by atoms with Crippen LogP contribution in [0.15, 0.2) is 40.9 Å². The van der Waals surface area contributed by atoms with Gasteiger partial charge in [-0.2, -0.15) is 0 Å². The van der Waals surface area contributed by atoms with E-state index in [4.69, 9.17) is 11.6 Å². The van der Waals surface area contributed by atoms with E-state index in [1.807, 2.05) is 0 Å². The molecule has 2 aromatic rings. The Morgan fingerprint density at radius 3 is 2.52 bits per heavy atom. The van der Waals surface area contributed by atoms with E-state index in [1.54, 1.807) is 18.2 Å². The van der Waals surface area contributed by atoms with E-state index in [-0.39, 0.29) is 6.54 Å². The highest BCUT2D eigenvalue weighted by molar-refractivity contribution is 9.10. The highest BCUT2D eigenvalue weighted by atomic mass is 79.9. The summed E-state index contributed by atoms with van der Waals surface area (Å²) in [5, 5.41) is 5.40. The molecular weight excluding hydrogens is 366 g/mol. The predicted octanol–water partition coefficient (Wildman–Crippen LogP) is 4.43. The van der Waals surface area contributed by atoms with Crippen LogP contribution in [0, 0.1) is 11.6 Å². The normalized spacial score (nSPS) is 10.3.